The molecule has 47 heavy (non-hydrogen) atoms. The molecule has 4 aromatic carbocycles. The standard InChI is InChI=1S/C36H40ClN3O6S/c1-36(2,3)38-35(42)32(23-26-11-7-6-8-12-26)39(24-27-15-17-28(37)18-16-27)34(41)25-40(31-13-9-10-14-33(31)46-5)47(43,44)30-21-19-29(45-4)20-22-30/h6-22,32H,23-25H2,1-5H3,(H,38,42). The van der Waals surface area contributed by atoms with Gasteiger partial charge in [0.1, 0.15) is 24.1 Å². The molecule has 0 bridgehead atoms. The lowest BCUT2D eigenvalue weighted by Gasteiger charge is -2.35. The van der Waals surface area contributed by atoms with E-state index in [1.54, 1.807) is 48.5 Å². The number of methoxy groups -OCH3 is 2. The van der Waals surface area contributed by atoms with E-state index >= 15 is 0 Å². The lowest BCUT2D eigenvalue weighted by molar-refractivity contribution is -0.140. The molecule has 0 fully saturated rings. The molecule has 4 rings (SSSR count). The summed E-state index contributed by atoms with van der Waals surface area (Å²) in [6.07, 6.45) is 0.196. The molecular weight excluding hydrogens is 638 g/mol. The summed E-state index contributed by atoms with van der Waals surface area (Å²) in [5, 5.41) is 3.54. The van der Waals surface area contributed by atoms with Crippen molar-refractivity contribution in [2.75, 3.05) is 25.1 Å². The number of hydrogen-bond acceptors (Lipinski definition) is 6. The van der Waals surface area contributed by atoms with Gasteiger partial charge in [0.15, 0.2) is 0 Å². The summed E-state index contributed by atoms with van der Waals surface area (Å²) in [6.45, 7) is 4.99. The van der Waals surface area contributed by atoms with Gasteiger partial charge in [-0.25, -0.2) is 8.42 Å². The van der Waals surface area contributed by atoms with Crippen LogP contribution in [0.3, 0.4) is 0 Å². The maximum Gasteiger partial charge on any atom is 0.264 e. The molecular formula is C36H40ClN3O6S. The van der Waals surface area contributed by atoms with Crippen molar-refractivity contribution >= 4 is 39.1 Å². The highest BCUT2D eigenvalue weighted by molar-refractivity contribution is 7.92. The van der Waals surface area contributed by atoms with Gasteiger partial charge >= 0.3 is 0 Å². The number of carbonyl (C=O) groups excluding carboxylic acids is 2. The monoisotopic (exact) mass is 677 g/mol. The van der Waals surface area contributed by atoms with E-state index in [2.05, 4.69) is 5.32 Å². The Bertz CT molecular complexity index is 1760. The van der Waals surface area contributed by atoms with Gasteiger partial charge in [-0.1, -0.05) is 66.2 Å². The normalized spacial score (nSPS) is 12.1. The lowest BCUT2D eigenvalue weighted by atomic mass is 10.0. The molecule has 0 aliphatic carbocycles. The summed E-state index contributed by atoms with van der Waals surface area (Å²) in [4.78, 5) is 30.0. The van der Waals surface area contributed by atoms with Crippen LogP contribution in [0, 0.1) is 0 Å². The van der Waals surface area contributed by atoms with Crippen LogP contribution in [0.1, 0.15) is 31.9 Å². The van der Waals surface area contributed by atoms with E-state index in [4.69, 9.17) is 21.1 Å². The predicted molar refractivity (Wildman–Crippen MR) is 184 cm³/mol. The zero-order valence-corrected chi connectivity index (χ0v) is 28.7. The van der Waals surface area contributed by atoms with Crippen molar-refractivity contribution in [1.82, 2.24) is 10.2 Å². The van der Waals surface area contributed by atoms with Gasteiger partial charge in [0.05, 0.1) is 24.8 Å². The van der Waals surface area contributed by atoms with Gasteiger partial charge in [-0.05, 0) is 80.4 Å². The lowest BCUT2D eigenvalue weighted by Crippen LogP contribution is -2.56. The highest BCUT2D eigenvalue weighted by Crippen LogP contribution is 2.33. The molecule has 0 aliphatic rings. The number of rotatable bonds is 13. The summed E-state index contributed by atoms with van der Waals surface area (Å²) in [7, 11) is -1.40. The van der Waals surface area contributed by atoms with Crippen molar-refractivity contribution in [3.8, 4) is 11.5 Å². The molecule has 11 heteroatoms. The molecule has 0 saturated carbocycles. The van der Waals surface area contributed by atoms with Crippen LogP contribution in [0.25, 0.3) is 0 Å². The molecule has 248 valence electrons. The first-order valence-electron chi connectivity index (χ1n) is 15.0. The number of amides is 2. The van der Waals surface area contributed by atoms with Crippen LogP contribution in [0.15, 0.2) is 108 Å². The third kappa shape index (κ3) is 9.27. The maximum atomic E-state index is 14.6. The first kappa shape index (κ1) is 35.3. The maximum absolute atomic E-state index is 14.6. The van der Waals surface area contributed by atoms with Gasteiger partial charge in [0, 0.05) is 23.5 Å². The van der Waals surface area contributed by atoms with E-state index in [1.807, 2.05) is 51.1 Å². The number of halogens is 1. The largest absolute Gasteiger partial charge is 0.497 e. The van der Waals surface area contributed by atoms with Crippen LogP contribution in [0.4, 0.5) is 5.69 Å². The Hall–Kier alpha value is -4.54. The van der Waals surface area contributed by atoms with E-state index in [0.717, 1.165) is 9.87 Å². The number of carbonyl (C=O) groups is 2. The number of nitrogens with zero attached hydrogens (tertiary/aromatic N) is 2. The van der Waals surface area contributed by atoms with Crippen molar-refractivity contribution in [2.45, 2.75) is 50.2 Å². The number of hydrogen-bond donors (Lipinski definition) is 1. The molecule has 0 aliphatic heterocycles. The quantitative estimate of drug-likeness (QED) is 0.183. The second-order valence-corrected chi connectivity index (χ2v) is 14.3. The Kier molecular flexibility index (Phi) is 11.5. The molecule has 1 atom stereocenters. The second kappa shape index (κ2) is 15.4. The van der Waals surface area contributed by atoms with Crippen molar-refractivity contribution < 1.29 is 27.5 Å². The Labute approximate surface area is 282 Å². The minimum Gasteiger partial charge on any atom is -0.497 e. The van der Waals surface area contributed by atoms with Crippen LogP contribution >= 0.6 is 11.6 Å². The fraction of sp³-hybridized carbons (Fsp3) is 0.278. The topological polar surface area (TPSA) is 105 Å². The zero-order valence-electron chi connectivity index (χ0n) is 27.1. The number of ether oxygens (including phenoxy) is 2. The Balaban J connectivity index is 1.84. The molecule has 1 N–H and O–H groups in total. The fourth-order valence-corrected chi connectivity index (χ4v) is 6.57. The van der Waals surface area contributed by atoms with Crippen LogP contribution in [0.2, 0.25) is 5.02 Å². The molecule has 0 aromatic heterocycles. The number of anilines is 1. The Morgan fingerprint density at radius 2 is 1.43 bits per heavy atom. The Morgan fingerprint density at radius 3 is 2.02 bits per heavy atom. The molecule has 9 nitrogen and oxygen atoms in total. The number of nitrogens with one attached hydrogen (secondary N) is 1. The van der Waals surface area contributed by atoms with Crippen molar-refractivity contribution in [3.05, 3.63) is 119 Å². The average Bonchev–Trinajstić information content (AvgIpc) is 3.05. The molecule has 0 heterocycles. The van der Waals surface area contributed by atoms with Crippen LogP contribution in [0.5, 0.6) is 11.5 Å². The second-order valence-electron chi connectivity index (χ2n) is 12.0. The highest BCUT2D eigenvalue weighted by atomic mass is 35.5. The first-order chi connectivity index (χ1) is 22.3. The molecule has 0 radical (unpaired) electrons. The highest BCUT2D eigenvalue weighted by Gasteiger charge is 2.36. The zero-order chi connectivity index (χ0) is 34.2. The first-order valence-corrected chi connectivity index (χ1v) is 16.8. The number of benzene rings is 4. The minimum atomic E-state index is -4.32. The van der Waals surface area contributed by atoms with E-state index in [-0.39, 0.29) is 35.2 Å². The van der Waals surface area contributed by atoms with Crippen LogP contribution in [-0.2, 0) is 32.6 Å². The Morgan fingerprint density at radius 1 is 0.809 bits per heavy atom. The smallest absolute Gasteiger partial charge is 0.264 e. The molecule has 1 unspecified atom stereocenters. The SMILES string of the molecule is COc1ccc(S(=O)(=O)N(CC(=O)N(Cc2ccc(Cl)cc2)C(Cc2ccccc2)C(=O)NC(C)(C)C)c2ccccc2OC)cc1. The van der Waals surface area contributed by atoms with Gasteiger partial charge in [-0.2, -0.15) is 0 Å². The third-order valence-corrected chi connectivity index (χ3v) is 9.34. The van der Waals surface area contributed by atoms with Crippen LogP contribution < -0.4 is 19.1 Å². The average molecular weight is 678 g/mol. The molecule has 2 amide bonds. The molecule has 0 spiro atoms. The predicted octanol–water partition coefficient (Wildman–Crippen LogP) is 6.11. The van der Waals surface area contributed by atoms with Gasteiger partial charge in [-0.15, -0.1) is 0 Å². The van der Waals surface area contributed by atoms with E-state index in [0.29, 0.717) is 16.3 Å². The molecule has 4 aromatic rings. The van der Waals surface area contributed by atoms with E-state index in [1.165, 1.54) is 43.4 Å². The van der Waals surface area contributed by atoms with Crippen molar-refractivity contribution in [1.29, 1.82) is 0 Å². The van der Waals surface area contributed by atoms with Crippen molar-refractivity contribution in [2.24, 2.45) is 0 Å². The molecule has 0 saturated heterocycles. The van der Waals surface area contributed by atoms with Gasteiger partial charge < -0.3 is 19.7 Å². The third-order valence-electron chi connectivity index (χ3n) is 7.32. The van der Waals surface area contributed by atoms with E-state index < -0.39 is 34.1 Å². The fourth-order valence-electron chi connectivity index (χ4n) is 5.02. The number of para-hydroxylation sites is 2. The summed E-state index contributed by atoms with van der Waals surface area (Å²) in [6, 6.07) is 27.8. The van der Waals surface area contributed by atoms with E-state index in [9.17, 15) is 18.0 Å². The minimum absolute atomic E-state index is 0.0212. The summed E-state index contributed by atoms with van der Waals surface area (Å²) in [5.41, 5.74) is 1.13. The van der Waals surface area contributed by atoms with Crippen molar-refractivity contribution in [3.63, 3.8) is 0 Å². The van der Waals surface area contributed by atoms with Gasteiger partial charge in [0.25, 0.3) is 10.0 Å². The summed E-state index contributed by atoms with van der Waals surface area (Å²) < 4.78 is 40.4. The van der Waals surface area contributed by atoms with Gasteiger partial charge in [0.2, 0.25) is 11.8 Å². The summed E-state index contributed by atoms with van der Waals surface area (Å²) in [5.74, 6) is -0.224. The number of sulfonamides is 1. The van der Waals surface area contributed by atoms with Gasteiger partial charge in [-0.3, -0.25) is 13.9 Å². The van der Waals surface area contributed by atoms with Crippen LogP contribution in [-0.4, -0.2) is 57.5 Å². The summed E-state index contributed by atoms with van der Waals surface area (Å²) >= 11 is 6.16.